The van der Waals surface area contributed by atoms with Gasteiger partial charge in [-0.3, -0.25) is 0 Å². The number of benzene rings is 2. The molecule has 0 radical (unpaired) electrons. The lowest BCUT2D eigenvalue weighted by atomic mass is 10.1. The van der Waals surface area contributed by atoms with Gasteiger partial charge in [0.15, 0.2) is 0 Å². The zero-order chi connectivity index (χ0) is 19.6. The summed E-state index contributed by atoms with van der Waals surface area (Å²) in [5.74, 6) is 0. The molecular weight excluding hydrogens is 374 g/mol. The van der Waals surface area contributed by atoms with Gasteiger partial charge in [-0.2, -0.15) is 0 Å². The molecule has 0 bridgehead atoms. The Labute approximate surface area is 165 Å². The topological polar surface area (TPSA) is 87.3 Å². The number of anilines is 1. The van der Waals surface area contributed by atoms with E-state index in [1.54, 1.807) is 12.1 Å². The van der Waals surface area contributed by atoms with E-state index in [0.29, 0.717) is 5.69 Å². The smallest absolute Gasteiger partial charge is 0.319 e. The van der Waals surface area contributed by atoms with E-state index in [2.05, 4.69) is 27.5 Å². The van der Waals surface area contributed by atoms with E-state index in [4.69, 9.17) is 0 Å². The van der Waals surface area contributed by atoms with Gasteiger partial charge in [-0.05, 0) is 61.1 Å². The van der Waals surface area contributed by atoms with Gasteiger partial charge in [0.25, 0.3) is 0 Å². The normalized spacial score (nSPS) is 17.4. The number of amides is 2. The first-order valence-corrected chi connectivity index (χ1v) is 11.2. The number of carbonyl (C=O) groups excluding carboxylic acids is 1. The maximum absolute atomic E-state index is 12.4. The van der Waals surface area contributed by atoms with E-state index < -0.39 is 10.0 Å². The minimum Gasteiger partial charge on any atom is -0.334 e. The van der Waals surface area contributed by atoms with Gasteiger partial charge in [0.05, 0.1) is 4.90 Å². The van der Waals surface area contributed by atoms with Crippen molar-refractivity contribution < 1.29 is 13.2 Å². The SMILES string of the molecule is O=C(Nc1ccc(S(=O)(=O)NC2CCCC2)cc1)NC1Cc2ccccc2C1. The van der Waals surface area contributed by atoms with Crippen LogP contribution in [0.2, 0.25) is 0 Å². The molecule has 4 rings (SSSR count). The number of sulfonamides is 1. The van der Waals surface area contributed by atoms with Crippen LogP contribution in [-0.4, -0.2) is 26.5 Å². The molecule has 2 aliphatic carbocycles. The van der Waals surface area contributed by atoms with Gasteiger partial charge in [0, 0.05) is 17.8 Å². The Kier molecular flexibility index (Phi) is 5.37. The maximum atomic E-state index is 12.4. The molecule has 28 heavy (non-hydrogen) atoms. The van der Waals surface area contributed by atoms with Crippen LogP contribution < -0.4 is 15.4 Å². The van der Waals surface area contributed by atoms with Crippen molar-refractivity contribution in [3.05, 3.63) is 59.7 Å². The van der Waals surface area contributed by atoms with E-state index in [1.807, 2.05) is 12.1 Å². The molecule has 3 N–H and O–H groups in total. The molecule has 1 fully saturated rings. The molecule has 1 saturated carbocycles. The summed E-state index contributed by atoms with van der Waals surface area (Å²) in [5, 5.41) is 5.77. The van der Waals surface area contributed by atoms with Crippen LogP contribution in [-0.2, 0) is 22.9 Å². The summed E-state index contributed by atoms with van der Waals surface area (Å²) >= 11 is 0. The van der Waals surface area contributed by atoms with Gasteiger partial charge in [-0.15, -0.1) is 0 Å². The van der Waals surface area contributed by atoms with Crippen LogP contribution in [0.1, 0.15) is 36.8 Å². The summed E-state index contributed by atoms with van der Waals surface area (Å²) < 4.78 is 27.7. The van der Waals surface area contributed by atoms with Crippen molar-refractivity contribution in [1.29, 1.82) is 0 Å². The summed E-state index contributed by atoms with van der Waals surface area (Å²) in [7, 11) is -3.52. The summed E-state index contributed by atoms with van der Waals surface area (Å²) in [6.07, 6.45) is 5.57. The fourth-order valence-electron chi connectivity index (χ4n) is 4.06. The molecule has 2 amide bonds. The number of carbonyl (C=O) groups is 1. The molecule has 6 nitrogen and oxygen atoms in total. The quantitative estimate of drug-likeness (QED) is 0.722. The molecule has 0 aliphatic heterocycles. The molecular formula is C21H25N3O3S. The zero-order valence-corrected chi connectivity index (χ0v) is 16.5. The Bertz CT molecular complexity index is 926. The van der Waals surface area contributed by atoms with E-state index >= 15 is 0 Å². The van der Waals surface area contributed by atoms with Crippen molar-refractivity contribution in [2.45, 2.75) is 55.5 Å². The number of hydrogen-bond donors (Lipinski definition) is 3. The number of urea groups is 1. The highest BCUT2D eigenvalue weighted by Gasteiger charge is 2.24. The van der Waals surface area contributed by atoms with Gasteiger partial charge in [-0.1, -0.05) is 37.1 Å². The van der Waals surface area contributed by atoms with Crippen LogP contribution in [0.3, 0.4) is 0 Å². The highest BCUT2D eigenvalue weighted by molar-refractivity contribution is 7.89. The predicted octanol–water partition coefficient (Wildman–Crippen LogP) is 3.20. The lowest BCUT2D eigenvalue weighted by Crippen LogP contribution is -2.38. The summed E-state index contributed by atoms with van der Waals surface area (Å²) in [6, 6.07) is 14.3. The Balaban J connectivity index is 1.32. The van der Waals surface area contributed by atoms with Crippen molar-refractivity contribution in [3.8, 4) is 0 Å². The highest BCUT2D eigenvalue weighted by atomic mass is 32.2. The van der Waals surface area contributed by atoms with Crippen molar-refractivity contribution in [3.63, 3.8) is 0 Å². The minimum absolute atomic E-state index is 0.0316. The number of fused-ring (bicyclic) bond motifs is 1. The Hall–Kier alpha value is -2.38. The van der Waals surface area contributed by atoms with Crippen LogP contribution in [0.5, 0.6) is 0 Å². The highest BCUT2D eigenvalue weighted by Crippen LogP contribution is 2.23. The molecule has 7 heteroatoms. The first kappa shape index (κ1) is 19.0. The zero-order valence-electron chi connectivity index (χ0n) is 15.6. The van der Waals surface area contributed by atoms with Crippen molar-refractivity contribution in [2.24, 2.45) is 0 Å². The second-order valence-electron chi connectivity index (χ2n) is 7.60. The summed E-state index contributed by atoms with van der Waals surface area (Å²) in [6.45, 7) is 0. The lowest BCUT2D eigenvalue weighted by molar-refractivity contribution is 0.249. The average molecular weight is 400 g/mol. The van der Waals surface area contributed by atoms with Crippen molar-refractivity contribution >= 4 is 21.7 Å². The molecule has 0 spiro atoms. The monoisotopic (exact) mass is 399 g/mol. The third kappa shape index (κ3) is 4.36. The van der Waals surface area contributed by atoms with Crippen LogP contribution in [0.25, 0.3) is 0 Å². The number of hydrogen-bond acceptors (Lipinski definition) is 3. The van der Waals surface area contributed by atoms with Gasteiger partial charge < -0.3 is 10.6 Å². The molecule has 0 saturated heterocycles. The third-order valence-electron chi connectivity index (χ3n) is 5.49. The Morgan fingerprint density at radius 3 is 2.07 bits per heavy atom. The van der Waals surface area contributed by atoms with E-state index in [9.17, 15) is 13.2 Å². The van der Waals surface area contributed by atoms with Crippen LogP contribution in [0.15, 0.2) is 53.4 Å². The van der Waals surface area contributed by atoms with Crippen LogP contribution in [0, 0.1) is 0 Å². The van der Waals surface area contributed by atoms with E-state index in [-0.39, 0.29) is 23.0 Å². The molecule has 2 aromatic rings. The molecule has 2 aromatic carbocycles. The fraction of sp³-hybridized carbons (Fsp3) is 0.381. The Morgan fingerprint density at radius 1 is 0.857 bits per heavy atom. The lowest BCUT2D eigenvalue weighted by Gasteiger charge is -2.14. The van der Waals surface area contributed by atoms with E-state index in [1.165, 1.54) is 23.3 Å². The fourth-order valence-corrected chi connectivity index (χ4v) is 5.37. The minimum atomic E-state index is -3.52. The summed E-state index contributed by atoms with van der Waals surface area (Å²) in [4.78, 5) is 12.5. The first-order valence-electron chi connectivity index (χ1n) is 9.76. The second kappa shape index (κ2) is 7.93. The number of rotatable bonds is 5. The predicted molar refractivity (Wildman–Crippen MR) is 109 cm³/mol. The molecule has 0 heterocycles. The van der Waals surface area contributed by atoms with Crippen molar-refractivity contribution in [2.75, 3.05) is 5.32 Å². The average Bonchev–Trinajstić information content (AvgIpc) is 3.30. The second-order valence-corrected chi connectivity index (χ2v) is 9.31. The van der Waals surface area contributed by atoms with Crippen LogP contribution in [0.4, 0.5) is 10.5 Å². The van der Waals surface area contributed by atoms with Gasteiger partial charge in [0.1, 0.15) is 0 Å². The van der Waals surface area contributed by atoms with Gasteiger partial charge in [0.2, 0.25) is 10.0 Å². The molecule has 2 aliphatic rings. The van der Waals surface area contributed by atoms with Crippen LogP contribution >= 0.6 is 0 Å². The Morgan fingerprint density at radius 2 is 1.46 bits per heavy atom. The standard InChI is InChI=1S/C21H25N3O3S/c25-21(23-19-13-15-5-1-2-6-16(15)14-19)22-17-9-11-20(12-10-17)28(26,27)24-18-7-3-4-8-18/h1-2,5-6,9-12,18-19,24H,3-4,7-8,13-14H2,(H2,22,23,25). The maximum Gasteiger partial charge on any atom is 0.319 e. The first-order chi connectivity index (χ1) is 13.5. The largest absolute Gasteiger partial charge is 0.334 e. The molecule has 0 aromatic heterocycles. The van der Waals surface area contributed by atoms with Gasteiger partial charge in [-0.25, -0.2) is 17.9 Å². The molecule has 148 valence electrons. The van der Waals surface area contributed by atoms with Crippen molar-refractivity contribution in [1.82, 2.24) is 10.0 Å². The van der Waals surface area contributed by atoms with Gasteiger partial charge >= 0.3 is 6.03 Å². The number of nitrogens with one attached hydrogen (secondary N) is 3. The molecule has 0 atom stereocenters. The third-order valence-corrected chi connectivity index (χ3v) is 7.02. The summed E-state index contributed by atoms with van der Waals surface area (Å²) in [5.41, 5.74) is 3.11. The van der Waals surface area contributed by atoms with E-state index in [0.717, 1.165) is 38.5 Å². The molecule has 0 unspecified atom stereocenters.